The smallest absolute Gasteiger partial charge is 0.230 e. The Morgan fingerprint density at radius 1 is 1.12 bits per heavy atom. The van der Waals surface area contributed by atoms with Gasteiger partial charge in [-0.2, -0.15) is 0 Å². The van der Waals surface area contributed by atoms with E-state index in [2.05, 4.69) is 5.32 Å². The second-order valence-electron chi connectivity index (χ2n) is 6.48. The highest BCUT2D eigenvalue weighted by Gasteiger charge is 2.41. The van der Waals surface area contributed by atoms with Crippen LogP contribution in [0.1, 0.15) is 24.0 Å². The number of hydrogen-bond donors (Lipinski definition) is 1. The Balaban J connectivity index is 1.59. The molecular weight excluding hydrogens is 314 g/mol. The molecule has 0 atom stereocenters. The van der Waals surface area contributed by atoms with Gasteiger partial charge in [0.25, 0.3) is 0 Å². The van der Waals surface area contributed by atoms with Crippen LogP contribution in [0.5, 0.6) is 5.75 Å². The minimum absolute atomic E-state index is 0.0647. The fraction of sp³-hybridized carbons (Fsp3) is 0.381. The molecule has 0 saturated carbocycles. The number of hydrogen-bond acceptors (Lipinski definition) is 3. The van der Waals surface area contributed by atoms with Gasteiger partial charge in [0.05, 0.1) is 12.0 Å². The summed E-state index contributed by atoms with van der Waals surface area (Å²) in [4.78, 5) is 13.0. The molecule has 3 rings (SSSR count). The zero-order chi connectivity index (χ0) is 17.5. The molecule has 1 heterocycles. The number of nitrogens with one attached hydrogen (secondary N) is 1. The van der Waals surface area contributed by atoms with Crippen molar-refractivity contribution in [2.24, 2.45) is 0 Å². The van der Waals surface area contributed by atoms with Gasteiger partial charge in [0, 0.05) is 13.2 Å². The maximum atomic E-state index is 13.0. The lowest BCUT2D eigenvalue weighted by Crippen LogP contribution is -2.48. The molecule has 2 aromatic carbocycles. The van der Waals surface area contributed by atoms with Crippen LogP contribution in [0.4, 0.5) is 0 Å². The first-order chi connectivity index (χ1) is 12.2. The summed E-state index contributed by atoms with van der Waals surface area (Å²) in [6, 6.07) is 17.9. The molecule has 4 heteroatoms. The second-order valence-corrected chi connectivity index (χ2v) is 6.48. The lowest BCUT2D eigenvalue weighted by Gasteiger charge is -2.36. The number of ether oxygens (including phenoxy) is 2. The van der Waals surface area contributed by atoms with Gasteiger partial charge in [0.15, 0.2) is 0 Å². The topological polar surface area (TPSA) is 47.6 Å². The van der Waals surface area contributed by atoms with E-state index >= 15 is 0 Å². The van der Waals surface area contributed by atoms with Crippen LogP contribution in [0.15, 0.2) is 54.6 Å². The number of carbonyl (C=O) groups is 1. The van der Waals surface area contributed by atoms with Gasteiger partial charge in [-0.3, -0.25) is 4.79 Å². The standard InChI is InChI=1S/C21H25NO3/c1-17-6-5-9-19(16-17)25-15-12-22-20(23)21(10-13-24-14-11-21)18-7-3-2-4-8-18/h2-9,16H,10-15H2,1H3,(H,22,23). The number of aryl methyl sites for hydroxylation is 1. The van der Waals surface area contributed by atoms with Gasteiger partial charge in [0.1, 0.15) is 12.4 Å². The number of amides is 1. The number of benzene rings is 2. The zero-order valence-electron chi connectivity index (χ0n) is 14.7. The minimum atomic E-state index is -0.497. The molecule has 4 nitrogen and oxygen atoms in total. The van der Waals surface area contributed by atoms with Crippen LogP contribution in [0.2, 0.25) is 0 Å². The van der Waals surface area contributed by atoms with E-state index in [1.165, 1.54) is 0 Å². The van der Waals surface area contributed by atoms with Crippen LogP contribution in [-0.2, 0) is 14.9 Å². The van der Waals surface area contributed by atoms with Crippen molar-refractivity contribution in [1.29, 1.82) is 0 Å². The van der Waals surface area contributed by atoms with E-state index in [4.69, 9.17) is 9.47 Å². The Morgan fingerprint density at radius 2 is 1.88 bits per heavy atom. The fourth-order valence-corrected chi connectivity index (χ4v) is 3.33. The molecule has 1 N–H and O–H groups in total. The van der Waals surface area contributed by atoms with Crippen molar-refractivity contribution in [2.45, 2.75) is 25.2 Å². The Kier molecular flexibility index (Phi) is 5.71. The van der Waals surface area contributed by atoms with Gasteiger partial charge in [-0.15, -0.1) is 0 Å². The van der Waals surface area contributed by atoms with E-state index in [9.17, 15) is 4.79 Å². The second kappa shape index (κ2) is 8.17. The van der Waals surface area contributed by atoms with Crippen LogP contribution >= 0.6 is 0 Å². The Labute approximate surface area is 149 Å². The normalized spacial score (nSPS) is 16.2. The summed E-state index contributed by atoms with van der Waals surface area (Å²) < 4.78 is 11.2. The quantitative estimate of drug-likeness (QED) is 0.822. The van der Waals surface area contributed by atoms with E-state index < -0.39 is 5.41 Å². The van der Waals surface area contributed by atoms with Gasteiger partial charge < -0.3 is 14.8 Å². The summed E-state index contributed by atoms with van der Waals surface area (Å²) in [7, 11) is 0. The average Bonchev–Trinajstić information content (AvgIpc) is 2.66. The van der Waals surface area contributed by atoms with E-state index in [1.807, 2.05) is 61.5 Å². The van der Waals surface area contributed by atoms with Crippen LogP contribution < -0.4 is 10.1 Å². The molecule has 1 aliphatic heterocycles. The van der Waals surface area contributed by atoms with E-state index in [0.717, 1.165) is 16.9 Å². The minimum Gasteiger partial charge on any atom is -0.492 e. The van der Waals surface area contributed by atoms with Gasteiger partial charge in [-0.05, 0) is 43.0 Å². The summed E-state index contributed by atoms with van der Waals surface area (Å²) in [5, 5.41) is 3.06. The third kappa shape index (κ3) is 4.20. The molecule has 0 bridgehead atoms. The van der Waals surface area contributed by atoms with E-state index in [0.29, 0.717) is 39.2 Å². The molecule has 25 heavy (non-hydrogen) atoms. The molecule has 0 radical (unpaired) electrons. The maximum absolute atomic E-state index is 13.0. The lowest BCUT2D eigenvalue weighted by molar-refractivity contribution is -0.130. The van der Waals surface area contributed by atoms with Crippen LogP contribution in [0.25, 0.3) is 0 Å². The van der Waals surface area contributed by atoms with Crippen molar-refractivity contribution >= 4 is 5.91 Å². The molecule has 1 saturated heterocycles. The number of carbonyl (C=O) groups excluding carboxylic acids is 1. The molecule has 1 fully saturated rings. The monoisotopic (exact) mass is 339 g/mol. The van der Waals surface area contributed by atoms with Crippen molar-refractivity contribution in [2.75, 3.05) is 26.4 Å². The van der Waals surface area contributed by atoms with Gasteiger partial charge >= 0.3 is 0 Å². The van der Waals surface area contributed by atoms with Crippen molar-refractivity contribution in [1.82, 2.24) is 5.32 Å². The molecule has 132 valence electrons. The maximum Gasteiger partial charge on any atom is 0.230 e. The third-order valence-electron chi connectivity index (χ3n) is 4.75. The predicted octanol–water partition coefficient (Wildman–Crippen LogP) is 3.24. The van der Waals surface area contributed by atoms with E-state index in [1.54, 1.807) is 0 Å². The van der Waals surface area contributed by atoms with Crippen LogP contribution in [-0.4, -0.2) is 32.3 Å². The molecular formula is C21H25NO3. The Morgan fingerprint density at radius 3 is 2.60 bits per heavy atom. The zero-order valence-corrected chi connectivity index (χ0v) is 14.7. The molecule has 0 spiro atoms. The SMILES string of the molecule is Cc1cccc(OCCNC(=O)C2(c3ccccc3)CCOCC2)c1. The molecule has 0 aliphatic carbocycles. The Hall–Kier alpha value is -2.33. The van der Waals surface area contributed by atoms with Gasteiger partial charge in [-0.1, -0.05) is 42.5 Å². The van der Waals surface area contributed by atoms with Crippen molar-refractivity contribution < 1.29 is 14.3 Å². The lowest BCUT2D eigenvalue weighted by atomic mass is 9.73. The molecule has 2 aromatic rings. The highest BCUT2D eigenvalue weighted by molar-refractivity contribution is 5.88. The van der Waals surface area contributed by atoms with Crippen molar-refractivity contribution in [3.8, 4) is 5.75 Å². The van der Waals surface area contributed by atoms with Gasteiger partial charge in [-0.25, -0.2) is 0 Å². The summed E-state index contributed by atoms with van der Waals surface area (Å²) >= 11 is 0. The van der Waals surface area contributed by atoms with Crippen molar-refractivity contribution in [3.63, 3.8) is 0 Å². The number of rotatable bonds is 6. The summed E-state index contributed by atoms with van der Waals surface area (Å²) in [6.45, 7) is 4.20. The first-order valence-corrected chi connectivity index (χ1v) is 8.82. The van der Waals surface area contributed by atoms with Gasteiger partial charge in [0.2, 0.25) is 5.91 Å². The molecule has 0 aromatic heterocycles. The van der Waals surface area contributed by atoms with E-state index in [-0.39, 0.29) is 5.91 Å². The summed E-state index contributed by atoms with van der Waals surface area (Å²) in [5.74, 6) is 0.896. The first-order valence-electron chi connectivity index (χ1n) is 8.82. The largest absolute Gasteiger partial charge is 0.492 e. The average molecular weight is 339 g/mol. The highest BCUT2D eigenvalue weighted by atomic mass is 16.5. The van der Waals surface area contributed by atoms with Crippen LogP contribution in [0, 0.1) is 6.92 Å². The predicted molar refractivity (Wildman–Crippen MR) is 97.9 cm³/mol. The Bertz CT molecular complexity index is 693. The molecule has 0 unspecified atom stereocenters. The van der Waals surface area contributed by atoms with Crippen molar-refractivity contribution in [3.05, 3.63) is 65.7 Å². The molecule has 1 aliphatic rings. The summed E-state index contributed by atoms with van der Waals surface area (Å²) in [5.41, 5.74) is 1.73. The highest BCUT2D eigenvalue weighted by Crippen LogP contribution is 2.35. The molecule has 1 amide bonds. The fourth-order valence-electron chi connectivity index (χ4n) is 3.33. The first kappa shape index (κ1) is 17.5. The summed E-state index contributed by atoms with van der Waals surface area (Å²) in [6.07, 6.45) is 1.42. The van der Waals surface area contributed by atoms with Crippen LogP contribution in [0.3, 0.4) is 0 Å². The third-order valence-corrected chi connectivity index (χ3v) is 4.75.